The highest BCUT2D eigenvalue weighted by Crippen LogP contribution is 2.32. The van der Waals surface area contributed by atoms with E-state index in [1.54, 1.807) is 25.3 Å². The molecular weight excluding hydrogens is 409 g/mol. The molecule has 0 unspecified atom stereocenters. The molecule has 5 rings (SSSR count). The molecule has 6 nitrogen and oxygen atoms in total. The van der Waals surface area contributed by atoms with E-state index < -0.39 is 0 Å². The molecule has 0 radical (unpaired) electrons. The molecule has 2 heterocycles. The quantitative estimate of drug-likeness (QED) is 0.510. The summed E-state index contributed by atoms with van der Waals surface area (Å²) >= 11 is 0. The lowest BCUT2D eigenvalue weighted by Gasteiger charge is -2.28. The molecule has 7 heteroatoms. The van der Waals surface area contributed by atoms with Gasteiger partial charge in [0.2, 0.25) is 0 Å². The molecule has 0 atom stereocenters. The molecule has 32 heavy (non-hydrogen) atoms. The first-order valence-corrected chi connectivity index (χ1v) is 10.4. The Kier molecular flexibility index (Phi) is 5.23. The fourth-order valence-electron chi connectivity index (χ4n) is 3.99. The fraction of sp³-hybridized carbons (Fsp3) is 0.200. The van der Waals surface area contributed by atoms with Crippen molar-refractivity contribution in [2.24, 2.45) is 0 Å². The van der Waals surface area contributed by atoms with Crippen LogP contribution in [0, 0.1) is 5.82 Å². The molecule has 1 aliphatic heterocycles. The van der Waals surface area contributed by atoms with Crippen LogP contribution in [0.3, 0.4) is 0 Å². The fourth-order valence-corrected chi connectivity index (χ4v) is 3.99. The first kappa shape index (κ1) is 20.1. The number of aromatic amines is 1. The Hall–Kier alpha value is -3.87. The number of rotatable bonds is 5. The highest BCUT2D eigenvalue weighted by atomic mass is 19.1. The standard InChI is InChI=1S/C25H22FN3O3/c1-31-23-12-17(25-27-20-8-7-19(26)13-21(20)28-25)6-9-22(23)32-15-24(30)29-11-10-16-4-2-3-5-18(16)14-29/h2-9,12-13H,10-11,14-15H2,1H3,(H,27,28). The molecule has 1 N–H and O–H groups in total. The van der Waals surface area contributed by atoms with Gasteiger partial charge in [-0.1, -0.05) is 24.3 Å². The molecule has 0 spiro atoms. The van der Waals surface area contributed by atoms with Gasteiger partial charge in [0.15, 0.2) is 18.1 Å². The average Bonchev–Trinajstić information content (AvgIpc) is 3.25. The number of hydrogen-bond acceptors (Lipinski definition) is 4. The van der Waals surface area contributed by atoms with Crippen LogP contribution in [0.2, 0.25) is 0 Å². The second kappa shape index (κ2) is 8.34. The summed E-state index contributed by atoms with van der Waals surface area (Å²) in [4.78, 5) is 22.1. The Morgan fingerprint density at radius 3 is 2.78 bits per heavy atom. The zero-order valence-corrected chi connectivity index (χ0v) is 17.6. The first-order chi connectivity index (χ1) is 15.6. The van der Waals surface area contributed by atoms with E-state index in [9.17, 15) is 9.18 Å². The van der Waals surface area contributed by atoms with Gasteiger partial charge in [0.05, 0.1) is 18.1 Å². The van der Waals surface area contributed by atoms with Crippen molar-refractivity contribution in [2.75, 3.05) is 20.3 Å². The maximum Gasteiger partial charge on any atom is 0.260 e. The van der Waals surface area contributed by atoms with E-state index in [2.05, 4.69) is 22.1 Å². The molecule has 162 valence electrons. The summed E-state index contributed by atoms with van der Waals surface area (Å²) in [7, 11) is 1.55. The summed E-state index contributed by atoms with van der Waals surface area (Å²) in [5.41, 5.74) is 4.54. The minimum atomic E-state index is -0.323. The highest BCUT2D eigenvalue weighted by molar-refractivity contribution is 5.80. The molecule has 1 aliphatic rings. The minimum Gasteiger partial charge on any atom is -0.493 e. The van der Waals surface area contributed by atoms with E-state index in [1.165, 1.54) is 23.3 Å². The van der Waals surface area contributed by atoms with Crippen LogP contribution in [0.1, 0.15) is 11.1 Å². The van der Waals surface area contributed by atoms with E-state index >= 15 is 0 Å². The number of H-pyrrole nitrogens is 1. The van der Waals surface area contributed by atoms with Crippen molar-refractivity contribution in [3.05, 3.63) is 77.6 Å². The third-order valence-electron chi connectivity index (χ3n) is 5.72. The topological polar surface area (TPSA) is 67.5 Å². The predicted molar refractivity (Wildman–Crippen MR) is 119 cm³/mol. The van der Waals surface area contributed by atoms with Crippen LogP contribution in [-0.4, -0.2) is 41.0 Å². The molecule has 4 aromatic rings. The Morgan fingerprint density at radius 2 is 1.94 bits per heavy atom. The third kappa shape index (κ3) is 3.89. The lowest BCUT2D eigenvalue weighted by atomic mass is 10.00. The van der Waals surface area contributed by atoms with E-state index in [1.807, 2.05) is 23.1 Å². The molecule has 0 bridgehead atoms. The summed E-state index contributed by atoms with van der Waals surface area (Å²) in [5.74, 6) is 1.18. The van der Waals surface area contributed by atoms with Crippen molar-refractivity contribution in [3.63, 3.8) is 0 Å². The van der Waals surface area contributed by atoms with Crippen LogP contribution in [0.5, 0.6) is 11.5 Å². The lowest BCUT2D eigenvalue weighted by molar-refractivity contribution is -0.134. The van der Waals surface area contributed by atoms with Gasteiger partial charge in [-0.3, -0.25) is 4.79 Å². The largest absolute Gasteiger partial charge is 0.493 e. The van der Waals surface area contributed by atoms with E-state index in [-0.39, 0.29) is 18.3 Å². The van der Waals surface area contributed by atoms with Gasteiger partial charge in [0.1, 0.15) is 11.6 Å². The molecule has 0 saturated heterocycles. The Bertz CT molecular complexity index is 1300. The number of nitrogens with one attached hydrogen (secondary N) is 1. The van der Waals surface area contributed by atoms with Crippen molar-refractivity contribution in [1.82, 2.24) is 14.9 Å². The number of nitrogens with zero attached hydrogens (tertiary/aromatic N) is 2. The number of methoxy groups -OCH3 is 1. The van der Waals surface area contributed by atoms with Gasteiger partial charge in [0.25, 0.3) is 5.91 Å². The van der Waals surface area contributed by atoms with Crippen LogP contribution in [0.4, 0.5) is 4.39 Å². The maximum atomic E-state index is 13.5. The number of ether oxygens (including phenoxy) is 2. The molecule has 1 amide bonds. The number of fused-ring (bicyclic) bond motifs is 2. The van der Waals surface area contributed by atoms with Gasteiger partial charge in [-0.05, 0) is 53.9 Å². The van der Waals surface area contributed by atoms with Gasteiger partial charge in [0, 0.05) is 18.7 Å². The molecular formula is C25H22FN3O3. The summed E-state index contributed by atoms with van der Waals surface area (Å²) in [6.45, 7) is 1.21. The average molecular weight is 431 g/mol. The molecule has 1 aromatic heterocycles. The van der Waals surface area contributed by atoms with Crippen molar-refractivity contribution in [3.8, 4) is 22.9 Å². The number of benzene rings is 3. The SMILES string of the molecule is COc1cc(-c2nc3ccc(F)cc3[nH]2)ccc1OCC(=O)N1CCc2ccccc2C1. The van der Waals surface area contributed by atoms with Crippen molar-refractivity contribution >= 4 is 16.9 Å². The van der Waals surface area contributed by atoms with Crippen LogP contribution in [0.25, 0.3) is 22.4 Å². The molecule has 0 saturated carbocycles. The van der Waals surface area contributed by atoms with Gasteiger partial charge in [-0.25, -0.2) is 9.37 Å². The second-order valence-corrected chi connectivity index (χ2v) is 7.74. The van der Waals surface area contributed by atoms with Crippen LogP contribution in [-0.2, 0) is 17.8 Å². The molecule has 3 aromatic carbocycles. The normalized spacial score (nSPS) is 13.1. The predicted octanol–water partition coefficient (Wildman–Crippen LogP) is 4.34. The lowest BCUT2D eigenvalue weighted by Crippen LogP contribution is -2.38. The number of carbonyl (C=O) groups is 1. The molecule has 0 fully saturated rings. The zero-order valence-electron chi connectivity index (χ0n) is 17.6. The van der Waals surface area contributed by atoms with E-state index in [0.29, 0.717) is 41.4 Å². The van der Waals surface area contributed by atoms with Gasteiger partial charge < -0.3 is 19.4 Å². The number of imidazole rings is 1. The monoisotopic (exact) mass is 431 g/mol. The van der Waals surface area contributed by atoms with Gasteiger partial charge in [-0.2, -0.15) is 0 Å². The Balaban J connectivity index is 1.29. The number of hydrogen-bond donors (Lipinski definition) is 1. The summed E-state index contributed by atoms with van der Waals surface area (Å²) in [6.07, 6.45) is 0.849. The minimum absolute atomic E-state index is 0.0649. The summed E-state index contributed by atoms with van der Waals surface area (Å²) in [6, 6.07) is 18.0. The van der Waals surface area contributed by atoms with Gasteiger partial charge in [-0.15, -0.1) is 0 Å². The highest BCUT2D eigenvalue weighted by Gasteiger charge is 2.21. The molecule has 0 aliphatic carbocycles. The van der Waals surface area contributed by atoms with E-state index in [0.717, 1.165) is 12.0 Å². The maximum absolute atomic E-state index is 13.5. The number of carbonyl (C=O) groups excluding carboxylic acids is 1. The number of aromatic nitrogens is 2. The smallest absolute Gasteiger partial charge is 0.260 e. The van der Waals surface area contributed by atoms with Crippen LogP contribution in [0.15, 0.2) is 60.7 Å². The van der Waals surface area contributed by atoms with E-state index in [4.69, 9.17) is 9.47 Å². The first-order valence-electron chi connectivity index (χ1n) is 10.4. The zero-order chi connectivity index (χ0) is 22.1. The number of amides is 1. The summed E-state index contributed by atoms with van der Waals surface area (Å²) in [5, 5.41) is 0. The van der Waals surface area contributed by atoms with Crippen molar-refractivity contribution in [2.45, 2.75) is 13.0 Å². The Labute approximate surface area is 184 Å². The van der Waals surface area contributed by atoms with Crippen LogP contribution < -0.4 is 9.47 Å². The van der Waals surface area contributed by atoms with Crippen molar-refractivity contribution in [1.29, 1.82) is 0 Å². The summed E-state index contributed by atoms with van der Waals surface area (Å²) < 4.78 is 24.7. The Morgan fingerprint density at radius 1 is 1.09 bits per heavy atom. The number of halogens is 1. The van der Waals surface area contributed by atoms with Gasteiger partial charge >= 0.3 is 0 Å². The second-order valence-electron chi connectivity index (χ2n) is 7.74. The third-order valence-corrected chi connectivity index (χ3v) is 5.72. The van der Waals surface area contributed by atoms with Crippen LogP contribution >= 0.6 is 0 Å². The van der Waals surface area contributed by atoms with Crippen molar-refractivity contribution < 1.29 is 18.7 Å².